The Labute approximate surface area is 132 Å². The standard InChI is InChI=1S/C16H12ClFN4/c17-14-9-15(20-10-11-5-1-2-6-12(11)18)22-16(21-14)13-7-3-4-8-19-13/h1-9H,10H2,(H,20,21,22). The maximum Gasteiger partial charge on any atom is 0.181 e. The van der Waals surface area contributed by atoms with Gasteiger partial charge in [0.1, 0.15) is 22.5 Å². The van der Waals surface area contributed by atoms with Crippen LogP contribution in [0.15, 0.2) is 54.7 Å². The highest BCUT2D eigenvalue weighted by atomic mass is 35.5. The zero-order valence-electron chi connectivity index (χ0n) is 11.5. The molecule has 0 saturated carbocycles. The summed E-state index contributed by atoms with van der Waals surface area (Å²) in [6.45, 7) is 0.307. The molecule has 6 heteroatoms. The molecule has 110 valence electrons. The van der Waals surface area contributed by atoms with Gasteiger partial charge in [-0.25, -0.2) is 14.4 Å². The van der Waals surface area contributed by atoms with E-state index in [4.69, 9.17) is 11.6 Å². The van der Waals surface area contributed by atoms with Crippen molar-refractivity contribution in [3.63, 3.8) is 0 Å². The van der Waals surface area contributed by atoms with Crippen molar-refractivity contribution in [2.75, 3.05) is 5.32 Å². The van der Waals surface area contributed by atoms with Crippen LogP contribution in [0.2, 0.25) is 5.15 Å². The van der Waals surface area contributed by atoms with E-state index in [-0.39, 0.29) is 5.82 Å². The first-order valence-electron chi connectivity index (χ1n) is 6.65. The number of nitrogens with one attached hydrogen (secondary N) is 1. The third-order valence-corrected chi connectivity index (χ3v) is 3.20. The molecule has 0 bridgehead atoms. The third-order valence-electron chi connectivity index (χ3n) is 3.01. The first-order valence-corrected chi connectivity index (χ1v) is 7.03. The van der Waals surface area contributed by atoms with Crippen LogP contribution in [-0.4, -0.2) is 15.0 Å². The lowest BCUT2D eigenvalue weighted by Crippen LogP contribution is -2.05. The molecule has 3 rings (SSSR count). The molecule has 22 heavy (non-hydrogen) atoms. The van der Waals surface area contributed by atoms with Gasteiger partial charge >= 0.3 is 0 Å². The third kappa shape index (κ3) is 3.38. The number of hydrogen-bond donors (Lipinski definition) is 1. The number of halogens is 2. The molecule has 0 spiro atoms. The molecule has 0 atom stereocenters. The largest absolute Gasteiger partial charge is 0.366 e. The van der Waals surface area contributed by atoms with Crippen LogP contribution >= 0.6 is 11.6 Å². The lowest BCUT2D eigenvalue weighted by molar-refractivity contribution is 0.613. The van der Waals surface area contributed by atoms with E-state index < -0.39 is 0 Å². The molecule has 0 fully saturated rings. The monoisotopic (exact) mass is 314 g/mol. The zero-order valence-corrected chi connectivity index (χ0v) is 12.3. The Kier molecular flexibility index (Phi) is 4.25. The minimum Gasteiger partial charge on any atom is -0.366 e. The van der Waals surface area contributed by atoms with E-state index in [0.29, 0.717) is 34.6 Å². The molecule has 3 aromatic rings. The van der Waals surface area contributed by atoms with Gasteiger partial charge in [-0.2, -0.15) is 0 Å². The molecule has 1 aromatic carbocycles. The van der Waals surface area contributed by atoms with E-state index in [1.807, 2.05) is 12.1 Å². The quantitative estimate of drug-likeness (QED) is 0.741. The molecule has 2 aromatic heterocycles. The van der Waals surface area contributed by atoms with Gasteiger partial charge < -0.3 is 5.32 Å². The van der Waals surface area contributed by atoms with Crippen LogP contribution in [0.4, 0.5) is 10.2 Å². The summed E-state index contributed by atoms with van der Waals surface area (Å²) in [5, 5.41) is 3.35. The second-order valence-electron chi connectivity index (χ2n) is 4.56. The summed E-state index contributed by atoms with van der Waals surface area (Å²) in [6, 6.07) is 13.6. The Hall–Kier alpha value is -2.53. The molecule has 4 nitrogen and oxygen atoms in total. The van der Waals surface area contributed by atoms with E-state index in [1.54, 1.807) is 36.5 Å². The summed E-state index contributed by atoms with van der Waals surface area (Å²) in [4.78, 5) is 12.7. The van der Waals surface area contributed by atoms with Crippen LogP contribution in [0.3, 0.4) is 0 Å². The van der Waals surface area contributed by atoms with Gasteiger partial charge in [0.15, 0.2) is 5.82 Å². The molecule has 0 radical (unpaired) electrons. The zero-order chi connectivity index (χ0) is 15.4. The molecule has 0 aliphatic carbocycles. The van der Waals surface area contributed by atoms with Gasteiger partial charge in [0.2, 0.25) is 0 Å². The summed E-state index contributed by atoms with van der Waals surface area (Å²) in [5.74, 6) is 0.674. The van der Waals surface area contributed by atoms with Crippen molar-refractivity contribution in [3.05, 3.63) is 71.3 Å². The highest BCUT2D eigenvalue weighted by Crippen LogP contribution is 2.19. The van der Waals surface area contributed by atoms with Gasteiger partial charge in [0.25, 0.3) is 0 Å². The second-order valence-corrected chi connectivity index (χ2v) is 4.95. The second kappa shape index (κ2) is 6.49. The summed E-state index contributed by atoms with van der Waals surface area (Å²) in [6.07, 6.45) is 1.66. The molecule has 0 aliphatic heterocycles. The molecule has 0 amide bonds. The first-order chi connectivity index (χ1) is 10.7. The number of rotatable bonds is 4. The van der Waals surface area contributed by atoms with Crippen molar-refractivity contribution in [1.29, 1.82) is 0 Å². The fourth-order valence-corrected chi connectivity index (χ4v) is 2.13. The van der Waals surface area contributed by atoms with Crippen LogP contribution in [0.1, 0.15) is 5.56 Å². The number of nitrogens with zero attached hydrogens (tertiary/aromatic N) is 3. The van der Waals surface area contributed by atoms with Gasteiger partial charge in [-0.15, -0.1) is 0 Å². The van der Waals surface area contributed by atoms with Crippen molar-refractivity contribution in [2.45, 2.75) is 6.54 Å². The van der Waals surface area contributed by atoms with Crippen LogP contribution in [0, 0.1) is 5.82 Å². The summed E-state index contributed by atoms with van der Waals surface area (Å²) in [7, 11) is 0. The Morgan fingerprint density at radius 2 is 1.86 bits per heavy atom. The fraction of sp³-hybridized carbons (Fsp3) is 0.0625. The van der Waals surface area contributed by atoms with Gasteiger partial charge in [0, 0.05) is 24.4 Å². The molecular weight excluding hydrogens is 303 g/mol. The number of hydrogen-bond acceptors (Lipinski definition) is 4. The average molecular weight is 315 g/mol. The van der Waals surface area contributed by atoms with E-state index in [0.717, 1.165) is 0 Å². The smallest absolute Gasteiger partial charge is 0.181 e. The Morgan fingerprint density at radius 3 is 2.64 bits per heavy atom. The molecular formula is C16H12ClFN4. The molecule has 0 aliphatic rings. The molecule has 1 N–H and O–H groups in total. The SMILES string of the molecule is Fc1ccccc1CNc1cc(Cl)nc(-c2ccccn2)n1. The molecule has 0 saturated heterocycles. The van der Waals surface area contributed by atoms with E-state index >= 15 is 0 Å². The van der Waals surface area contributed by atoms with Crippen molar-refractivity contribution >= 4 is 17.4 Å². The maximum atomic E-state index is 13.6. The van der Waals surface area contributed by atoms with Crippen LogP contribution in [-0.2, 0) is 6.54 Å². The van der Waals surface area contributed by atoms with Crippen molar-refractivity contribution in [3.8, 4) is 11.5 Å². The van der Waals surface area contributed by atoms with Crippen LogP contribution in [0.5, 0.6) is 0 Å². The predicted octanol–water partition coefficient (Wildman–Crippen LogP) is 3.94. The van der Waals surface area contributed by atoms with E-state index in [9.17, 15) is 4.39 Å². The van der Waals surface area contributed by atoms with Crippen LogP contribution < -0.4 is 5.32 Å². The predicted molar refractivity (Wildman–Crippen MR) is 84.0 cm³/mol. The van der Waals surface area contributed by atoms with Gasteiger partial charge in [-0.1, -0.05) is 35.9 Å². The Bertz CT molecular complexity index is 780. The summed E-state index contributed by atoms with van der Waals surface area (Å²) >= 11 is 6.02. The van der Waals surface area contributed by atoms with E-state index in [2.05, 4.69) is 20.3 Å². The van der Waals surface area contributed by atoms with Crippen LogP contribution in [0.25, 0.3) is 11.5 Å². The molecule has 2 heterocycles. The lowest BCUT2D eigenvalue weighted by atomic mass is 10.2. The topological polar surface area (TPSA) is 50.7 Å². The minimum atomic E-state index is -0.264. The van der Waals surface area contributed by atoms with Crippen molar-refractivity contribution in [1.82, 2.24) is 15.0 Å². The lowest BCUT2D eigenvalue weighted by Gasteiger charge is -2.08. The minimum absolute atomic E-state index is 0.264. The Morgan fingerprint density at radius 1 is 1.05 bits per heavy atom. The van der Waals surface area contributed by atoms with Crippen molar-refractivity contribution < 1.29 is 4.39 Å². The highest BCUT2D eigenvalue weighted by molar-refractivity contribution is 6.29. The Balaban J connectivity index is 1.83. The van der Waals surface area contributed by atoms with Gasteiger partial charge in [-0.3, -0.25) is 4.98 Å². The number of anilines is 1. The number of benzene rings is 1. The highest BCUT2D eigenvalue weighted by Gasteiger charge is 2.07. The first kappa shape index (κ1) is 14.4. The molecule has 0 unspecified atom stereocenters. The van der Waals surface area contributed by atoms with Crippen molar-refractivity contribution in [2.24, 2.45) is 0 Å². The fourth-order valence-electron chi connectivity index (χ4n) is 1.95. The number of pyridine rings is 1. The summed E-state index contributed by atoms with van der Waals surface area (Å²) in [5.41, 5.74) is 1.18. The number of aromatic nitrogens is 3. The van der Waals surface area contributed by atoms with Gasteiger partial charge in [-0.05, 0) is 18.2 Å². The summed E-state index contributed by atoms with van der Waals surface area (Å²) < 4.78 is 13.6. The normalized spacial score (nSPS) is 10.5. The average Bonchev–Trinajstić information content (AvgIpc) is 2.54. The maximum absolute atomic E-state index is 13.6. The van der Waals surface area contributed by atoms with E-state index in [1.165, 1.54) is 6.07 Å². The van der Waals surface area contributed by atoms with Gasteiger partial charge in [0.05, 0.1) is 0 Å².